The van der Waals surface area contributed by atoms with Gasteiger partial charge in [-0.1, -0.05) is 12.2 Å². The minimum Gasteiger partial charge on any atom is -0.476 e. The summed E-state index contributed by atoms with van der Waals surface area (Å²) >= 11 is 0. The molecule has 0 saturated carbocycles. The first-order chi connectivity index (χ1) is 6.29. The Kier molecular flexibility index (Phi) is 1.63. The second-order valence-electron chi connectivity index (χ2n) is 2.51. The van der Waals surface area contributed by atoms with Gasteiger partial charge in [-0.3, -0.25) is 0 Å². The van der Waals surface area contributed by atoms with Gasteiger partial charge in [0.2, 0.25) is 0 Å². The SMILES string of the molecule is O=C(O)C1=NNN2C=CC=CC=C12. The molecule has 5 nitrogen and oxygen atoms in total. The zero-order chi connectivity index (χ0) is 9.26. The van der Waals surface area contributed by atoms with Crippen molar-refractivity contribution in [2.24, 2.45) is 5.10 Å². The van der Waals surface area contributed by atoms with E-state index in [1.807, 2.05) is 6.08 Å². The monoisotopic (exact) mass is 177 g/mol. The fourth-order valence-corrected chi connectivity index (χ4v) is 1.11. The number of hydrazone groups is 1. The summed E-state index contributed by atoms with van der Waals surface area (Å²) in [6.07, 6.45) is 8.75. The standard InChI is InChI=1S/C8H7N3O2/c12-8(13)7-6-4-2-1-3-5-11(6)10-9-7/h1-5,10H,(H,12,13). The van der Waals surface area contributed by atoms with Crippen LogP contribution in [0.5, 0.6) is 0 Å². The van der Waals surface area contributed by atoms with Crippen molar-refractivity contribution in [3.05, 3.63) is 36.2 Å². The number of hydrogen-bond donors (Lipinski definition) is 2. The van der Waals surface area contributed by atoms with Gasteiger partial charge in [0.1, 0.15) is 0 Å². The molecule has 13 heavy (non-hydrogen) atoms. The number of carboxylic acid groups (broad SMARTS) is 1. The van der Waals surface area contributed by atoms with Crippen LogP contribution in [0.1, 0.15) is 0 Å². The molecule has 5 heteroatoms. The Morgan fingerprint density at radius 1 is 1.46 bits per heavy atom. The van der Waals surface area contributed by atoms with E-state index >= 15 is 0 Å². The molecule has 2 aliphatic rings. The van der Waals surface area contributed by atoms with Crippen molar-refractivity contribution in [2.75, 3.05) is 0 Å². The summed E-state index contributed by atoms with van der Waals surface area (Å²) in [6, 6.07) is 0. The molecule has 2 heterocycles. The van der Waals surface area contributed by atoms with Gasteiger partial charge in [0.05, 0.1) is 5.70 Å². The van der Waals surface area contributed by atoms with Gasteiger partial charge in [-0.2, -0.15) is 0 Å². The minimum absolute atomic E-state index is 0.0243. The first-order valence-electron chi connectivity index (χ1n) is 3.70. The number of fused-ring (bicyclic) bond motifs is 1. The number of carbonyl (C=O) groups is 1. The van der Waals surface area contributed by atoms with E-state index in [9.17, 15) is 4.79 Å². The summed E-state index contributed by atoms with van der Waals surface area (Å²) in [6.45, 7) is 0. The number of carboxylic acids is 1. The fraction of sp³-hybridized carbons (Fsp3) is 0. The molecule has 0 aromatic heterocycles. The van der Waals surface area contributed by atoms with Gasteiger partial charge >= 0.3 is 5.97 Å². The highest BCUT2D eigenvalue weighted by Gasteiger charge is 2.25. The molecular formula is C8H7N3O2. The quantitative estimate of drug-likeness (QED) is 0.601. The maximum absolute atomic E-state index is 10.7. The van der Waals surface area contributed by atoms with Gasteiger partial charge in [-0.15, -0.1) is 5.10 Å². The molecule has 2 aliphatic heterocycles. The molecule has 0 spiro atoms. The van der Waals surface area contributed by atoms with Crippen LogP contribution >= 0.6 is 0 Å². The van der Waals surface area contributed by atoms with Crippen molar-refractivity contribution in [3.63, 3.8) is 0 Å². The van der Waals surface area contributed by atoms with E-state index in [1.54, 1.807) is 29.4 Å². The highest BCUT2D eigenvalue weighted by Crippen LogP contribution is 2.13. The fourth-order valence-electron chi connectivity index (χ4n) is 1.11. The van der Waals surface area contributed by atoms with Crippen molar-refractivity contribution in [1.82, 2.24) is 10.5 Å². The number of nitrogens with zero attached hydrogens (tertiary/aromatic N) is 2. The van der Waals surface area contributed by atoms with Crippen molar-refractivity contribution in [1.29, 1.82) is 0 Å². The smallest absolute Gasteiger partial charge is 0.358 e. The average molecular weight is 177 g/mol. The molecule has 0 radical (unpaired) electrons. The van der Waals surface area contributed by atoms with Crippen LogP contribution in [0.25, 0.3) is 0 Å². The van der Waals surface area contributed by atoms with Gasteiger partial charge in [0.15, 0.2) is 5.71 Å². The summed E-state index contributed by atoms with van der Waals surface area (Å²) in [5, 5.41) is 14.0. The van der Waals surface area contributed by atoms with Crippen molar-refractivity contribution >= 4 is 11.7 Å². The first kappa shape index (κ1) is 7.60. The van der Waals surface area contributed by atoms with Gasteiger partial charge in [0, 0.05) is 6.20 Å². The van der Waals surface area contributed by atoms with Crippen LogP contribution in [0.2, 0.25) is 0 Å². The number of allylic oxidation sites excluding steroid dienone is 4. The zero-order valence-corrected chi connectivity index (χ0v) is 6.64. The molecule has 0 saturated heterocycles. The Morgan fingerprint density at radius 2 is 2.31 bits per heavy atom. The van der Waals surface area contributed by atoms with Crippen LogP contribution in [0.4, 0.5) is 0 Å². The maximum atomic E-state index is 10.7. The molecule has 0 aromatic rings. The molecule has 2 rings (SSSR count). The molecule has 0 unspecified atom stereocenters. The van der Waals surface area contributed by atoms with Gasteiger partial charge in [0.25, 0.3) is 0 Å². The average Bonchev–Trinajstić information content (AvgIpc) is 2.36. The van der Waals surface area contributed by atoms with Crippen molar-refractivity contribution in [2.45, 2.75) is 0 Å². The van der Waals surface area contributed by atoms with E-state index in [0.717, 1.165) is 0 Å². The van der Waals surface area contributed by atoms with E-state index in [2.05, 4.69) is 10.6 Å². The third-order valence-corrected chi connectivity index (χ3v) is 1.69. The van der Waals surface area contributed by atoms with Crippen molar-refractivity contribution in [3.8, 4) is 0 Å². The molecule has 0 bridgehead atoms. The second kappa shape index (κ2) is 2.78. The normalized spacial score (nSPS) is 18.6. The van der Waals surface area contributed by atoms with Crippen molar-refractivity contribution < 1.29 is 9.90 Å². The lowest BCUT2D eigenvalue weighted by molar-refractivity contribution is -0.129. The van der Waals surface area contributed by atoms with Crippen LogP contribution in [0.3, 0.4) is 0 Å². The zero-order valence-electron chi connectivity index (χ0n) is 6.64. The van der Waals surface area contributed by atoms with Gasteiger partial charge in [-0.25, -0.2) is 15.3 Å². The Labute approximate surface area is 74.3 Å². The van der Waals surface area contributed by atoms with Gasteiger partial charge in [-0.05, 0) is 12.2 Å². The highest BCUT2D eigenvalue weighted by molar-refractivity contribution is 6.42. The predicted octanol–water partition coefficient (Wildman–Crippen LogP) is 0.215. The summed E-state index contributed by atoms with van der Waals surface area (Å²) in [5.41, 5.74) is 3.14. The lowest BCUT2D eigenvalue weighted by Gasteiger charge is -2.11. The van der Waals surface area contributed by atoms with Crippen LogP contribution < -0.4 is 5.53 Å². The summed E-state index contributed by atoms with van der Waals surface area (Å²) in [7, 11) is 0. The number of rotatable bonds is 1. The van der Waals surface area contributed by atoms with E-state index in [-0.39, 0.29) is 5.71 Å². The predicted molar refractivity (Wildman–Crippen MR) is 46.4 cm³/mol. The van der Waals surface area contributed by atoms with Crippen LogP contribution in [0.15, 0.2) is 41.3 Å². The summed E-state index contributed by atoms with van der Waals surface area (Å²) < 4.78 is 0. The molecule has 0 aliphatic carbocycles. The third-order valence-electron chi connectivity index (χ3n) is 1.69. The lowest BCUT2D eigenvalue weighted by atomic mass is 10.2. The van der Waals surface area contributed by atoms with Crippen LogP contribution in [-0.2, 0) is 4.79 Å². The number of hydrogen-bond acceptors (Lipinski definition) is 4. The third kappa shape index (κ3) is 1.20. The molecular weight excluding hydrogens is 170 g/mol. The van der Waals surface area contributed by atoms with Crippen LogP contribution in [0, 0.1) is 0 Å². The highest BCUT2D eigenvalue weighted by atomic mass is 16.4. The Morgan fingerprint density at radius 3 is 3.08 bits per heavy atom. The Hall–Kier alpha value is -2.04. The number of nitrogens with one attached hydrogen (secondary N) is 1. The van der Waals surface area contributed by atoms with E-state index in [4.69, 9.17) is 5.11 Å². The Bertz CT molecular complexity index is 366. The molecule has 2 N–H and O–H groups in total. The molecule has 0 amide bonds. The number of hydrazine groups is 1. The van der Waals surface area contributed by atoms with E-state index in [1.165, 1.54) is 0 Å². The van der Waals surface area contributed by atoms with Crippen LogP contribution in [-0.4, -0.2) is 21.8 Å². The largest absolute Gasteiger partial charge is 0.476 e. The van der Waals surface area contributed by atoms with E-state index < -0.39 is 5.97 Å². The first-order valence-corrected chi connectivity index (χ1v) is 3.70. The Balaban J connectivity index is 2.37. The van der Waals surface area contributed by atoms with E-state index in [0.29, 0.717) is 5.70 Å². The minimum atomic E-state index is -1.04. The molecule has 0 aromatic carbocycles. The molecule has 66 valence electrons. The lowest BCUT2D eigenvalue weighted by Crippen LogP contribution is -2.24. The topological polar surface area (TPSA) is 64.9 Å². The summed E-state index contributed by atoms with van der Waals surface area (Å²) in [4.78, 5) is 10.7. The summed E-state index contributed by atoms with van der Waals surface area (Å²) in [5.74, 6) is -1.04. The number of aliphatic carboxylic acids is 1. The second-order valence-corrected chi connectivity index (χ2v) is 2.51. The molecule has 0 atom stereocenters. The van der Waals surface area contributed by atoms with Gasteiger partial charge < -0.3 is 5.11 Å². The maximum Gasteiger partial charge on any atom is 0.358 e. The molecule has 0 fully saturated rings.